The van der Waals surface area contributed by atoms with Crippen molar-refractivity contribution in [3.05, 3.63) is 40.2 Å². The van der Waals surface area contributed by atoms with Crippen molar-refractivity contribution in [1.29, 1.82) is 0 Å². The largest absolute Gasteiger partial charge is 0.485 e. The normalized spacial score (nSPS) is 12.2. The molecule has 3 aromatic rings. The number of ether oxygens (including phenoxy) is 1. The fourth-order valence-electron chi connectivity index (χ4n) is 3.03. The first-order valence-corrected chi connectivity index (χ1v) is 11.9. The summed E-state index contributed by atoms with van der Waals surface area (Å²) in [5.74, 6) is 1.45. The van der Waals surface area contributed by atoms with E-state index in [1.807, 2.05) is 50.5 Å². The fraction of sp³-hybridized carbons (Fsp3) is 0.476. The third-order valence-electron chi connectivity index (χ3n) is 4.66. The molecule has 1 atom stereocenters. The molecule has 0 spiro atoms. The van der Waals surface area contributed by atoms with Crippen molar-refractivity contribution in [1.82, 2.24) is 25.0 Å². The van der Waals surface area contributed by atoms with Crippen LogP contribution >= 0.6 is 23.1 Å². The van der Waals surface area contributed by atoms with Crippen LogP contribution in [0.15, 0.2) is 23.4 Å². The molecular weight excluding hydrogens is 432 g/mol. The van der Waals surface area contributed by atoms with Gasteiger partial charge in [0.2, 0.25) is 11.0 Å². The lowest BCUT2D eigenvalue weighted by Gasteiger charge is -2.17. The number of carbonyl (C=O) groups is 1. The summed E-state index contributed by atoms with van der Waals surface area (Å²) in [5.41, 5.74) is 2.16. The molecule has 0 aliphatic rings. The topological polar surface area (TPSA) is 94.8 Å². The fourth-order valence-corrected chi connectivity index (χ4v) is 4.72. The number of hydrogen-bond donors (Lipinski definition) is 1. The Balaban J connectivity index is 1.70. The van der Waals surface area contributed by atoms with Crippen LogP contribution in [0.3, 0.4) is 0 Å². The van der Waals surface area contributed by atoms with Crippen LogP contribution in [0.5, 0.6) is 5.75 Å². The van der Waals surface area contributed by atoms with E-state index in [9.17, 15) is 4.79 Å². The molecule has 0 saturated heterocycles. The van der Waals surface area contributed by atoms with Gasteiger partial charge in [-0.25, -0.2) is 0 Å². The van der Waals surface area contributed by atoms with Gasteiger partial charge in [-0.3, -0.25) is 10.1 Å². The summed E-state index contributed by atoms with van der Waals surface area (Å²) in [6.45, 7) is 12.3. The van der Waals surface area contributed by atoms with Gasteiger partial charge in [0, 0.05) is 6.04 Å². The molecule has 0 aliphatic heterocycles. The number of nitrogens with one attached hydrogen (secondary N) is 1. The predicted molar refractivity (Wildman–Crippen MR) is 124 cm³/mol. The molecule has 3 rings (SSSR count). The summed E-state index contributed by atoms with van der Waals surface area (Å²) < 4.78 is 8.09. The number of aromatic nitrogens is 5. The van der Waals surface area contributed by atoms with Gasteiger partial charge in [0.05, 0.1) is 5.25 Å². The highest BCUT2D eigenvalue weighted by Gasteiger charge is 2.23. The van der Waals surface area contributed by atoms with Crippen LogP contribution in [-0.4, -0.2) is 36.1 Å². The van der Waals surface area contributed by atoms with Crippen molar-refractivity contribution in [2.75, 3.05) is 5.32 Å². The van der Waals surface area contributed by atoms with Crippen molar-refractivity contribution >= 4 is 34.1 Å². The van der Waals surface area contributed by atoms with Crippen LogP contribution in [0.25, 0.3) is 0 Å². The van der Waals surface area contributed by atoms with Crippen LogP contribution in [0.2, 0.25) is 0 Å². The SMILES string of the molecule is CCc1nnc(NC(=O)[C@@H](C)Sc2nnc(COc3c(C)cccc3C)n2C(C)C)s1. The van der Waals surface area contributed by atoms with Gasteiger partial charge < -0.3 is 9.30 Å². The first-order chi connectivity index (χ1) is 14.8. The lowest BCUT2D eigenvalue weighted by atomic mass is 10.1. The number of amides is 1. The van der Waals surface area contributed by atoms with Crippen molar-refractivity contribution in [2.24, 2.45) is 0 Å². The summed E-state index contributed by atoms with van der Waals surface area (Å²) in [5, 5.41) is 21.3. The minimum Gasteiger partial charge on any atom is -0.485 e. The molecule has 166 valence electrons. The summed E-state index contributed by atoms with van der Waals surface area (Å²) >= 11 is 2.76. The molecule has 1 aromatic carbocycles. The standard InChI is InChI=1S/C21H28N6O2S2/c1-7-17-24-25-20(31-17)22-19(28)15(6)30-21-26-23-16(27(21)12(2)3)11-29-18-13(4)9-8-10-14(18)5/h8-10,12,15H,7,11H2,1-6H3,(H,22,25,28)/t15-/m1/s1. The van der Waals surface area contributed by atoms with Crippen LogP contribution in [0.1, 0.15) is 55.7 Å². The highest BCUT2D eigenvalue weighted by atomic mass is 32.2. The first kappa shape index (κ1) is 23.2. The lowest BCUT2D eigenvalue weighted by molar-refractivity contribution is -0.115. The van der Waals surface area contributed by atoms with E-state index < -0.39 is 0 Å². The van der Waals surface area contributed by atoms with Gasteiger partial charge >= 0.3 is 0 Å². The van der Waals surface area contributed by atoms with E-state index >= 15 is 0 Å². The van der Waals surface area contributed by atoms with Gasteiger partial charge in [-0.1, -0.05) is 48.2 Å². The number of anilines is 1. The zero-order chi connectivity index (χ0) is 22.5. The summed E-state index contributed by atoms with van der Waals surface area (Å²) in [6, 6.07) is 6.19. The number of nitrogens with zero attached hydrogens (tertiary/aromatic N) is 5. The monoisotopic (exact) mass is 460 g/mol. The second-order valence-electron chi connectivity index (χ2n) is 7.48. The number of rotatable bonds is 9. The van der Waals surface area contributed by atoms with E-state index in [4.69, 9.17) is 4.74 Å². The van der Waals surface area contributed by atoms with Gasteiger partial charge in [-0.05, 0) is 52.2 Å². The Kier molecular flexibility index (Phi) is 7.66. The Hall–Kier alpha value is -2.46. The van der Waals surface area contributed by atoms with Gasteiger partial charge in [-0.15, -0.1) is 20.4 Å². The van der Waals surface area contributed by atoms with Gasteiger partial charge in [0.25, 0.3) is 0 Å². The Morgan fingerprint density at radius 1 is 1.16 bits per heavy atom. The Bertz CT molecular complexity index is 1030. The molecule has 0 aliphatic carbocycles. The molecular formula is C21H28N6O2S2. The number of thioether (sulfide) groups is 1. The molecule has 0 fully saturated rings. The highest BCUT2D eigenvalue weighted by Crippen LogP contribution is 2.28. The smallest absolute Gasteiger partial charge is 0.239 e. The first-order valence-electron chi connectivity index (χ1n) is 10.2. The number of carbonyl (C=O) groups excluding carboxylic acids is 1. The molecule has 1 N–H and O–H groups in total. The van der Waals surface area contributed by atoms with Crippen molar-refractivity contribution in [2.45, 2.75) is 71.0 Å². The van der Waals surface area contributed by atoms with E-state index in [0.717, 1.165) is 34.1 Å². The molecule has 0 bridgehead atoms. The van der Waals surface area contributed by atoms with E-state index in [2.05, 4.69) is 39.6 Å². The minimum absolute atomic E-state index is 0.125. The molecule has 1 amide bonds. The second kappa shape index (κ2) is 10.2. The van der Waals surface area contributed by atoms with Crippen LogP contribution in [-0.2, 0) is 17.8 Å². The van der Waals surface area contributed by atoms with E-state index in [1.54, 1.807) is 0 Å². The maximum Gasteiger partial charge on any atom is 0.239 e. The van der Waals surface area contributed by atoms with E-state index in [0.29, 0.717) is 16.9 Å². The van der Waals surface area contributed by atoms with Gasteiger partial charge in [0.15, 0.2) is 11.0 Å². The quantitative estimate of drug-likeness (QED) is 0.467. The Morgan fingerprint density at radius 2 is 1.87 bits per heavy atom. The molecule has 0 unspecified atom stereocenters. The minimum atomic E-state index is -0.372. The number of hydrogen-bond acceptors (Lipinski definition) is 8. The van der Waals surface area contributed by atoms with Crippen molar-refractivity contribution in [3.63, 3.8) is 0 Å². The zero-order valence-electron chi connectivity index (χ0n) is 18.7. The number of benzene rings is 1. The summed E-state index contributed by atoms with van der Waals surface area (Å²) in [7, 11) is 0. The predicted octanol–water partition coefficient (Wildman–Crippen LogP) is 4.59. The summed E-state index contributed by atoms with van der Waals surface area (Å²) in [6.07, 6.45) is 0.794. The molecule has 0 radical (unpaired) electrons. The zero-order valence-corrected chi connectivity index (χ0v) is 20.3. The number of aryl methyl sites for hydroxylation is 3. The Morgan fingerprint density at radius 3 is 2.48 bits per heavy atom. The van der Waals surface area contributed by atoms with Gasteiger partial charge in [-0.2, -0.15) is 0 Å². The third-order valence-corrected chi connectivity index (χ3v) is 6.70. The maximum atomic E-state index is 12.6. The molecule has 31 heavy (non-hydrogen) atoms. The van der Waals surface area contributed by atoms with E-state index in [1.165, 1.54) is 23.1 Å². The van der Waals surface area contributed by atoms with Crippen LogP contribution in [0.4, 0.5) is 5.13 Å². The molecule has 8 nitrogen and oxygen atoms in total. The Labute approximate surface area is 190 Å². The lowest BCUT2D eigenvalue weighted by Crippen LogP contribution is -2.23. The maximum absolute atomic E-state index is 12.6. The van der Waals surface area contributed by atoms with Crippen LogP contribution < -0.4 is 10.1 Å². The highest BCUT2D eigenvalue weighted by molar-refractivity contribution is 8.00. The molecule has 0 saturated carbocycles. The third kappa shape index (κ3) is 5.62. The summed E-state index contributed by atoms with van der Waals surface area (Å²) in [4.78, 5) is 12.6. The van der Waals surface area contributed by atoms with E-state index in [-0.39, 0.29) is 17.2 Å². The number of para-hydroxylation sites is 1. The van der Waals surface area contributed by atoms with Crippen molar-refractivity contribution in [3.8, 4) is 5.75 Å². The van der Waals surface area contributed by atoms with Gasteiger partial charge in [0.1, 0.15) is 17.4 Å². The molecule has 2 heterocycles. The van der Waals surface area contributed by atoms with Crippen LogP contribution in [0, 0.1) is 13.8 Å². The second-order valence-corrected chi connectivity index (χ2v) is 9.85. The molecule has 10 heteroatoms. The molecule has 2 aromatic heterocycles. The average Bonchev–Trinajstić information content (AvgIpc) is 3.34. The average molecular weight is 461 g/mol. The van der Waals surface area contributed by atoms with Crippen molar-refractivity contribution < 1.29 is 9.53 Å².